The second kappa shape index (κ2) is 10.7. The van der Waals surface area contributed by atoms with Crippen LogP contribution >= 0.6 is 34.9 Å². The number of amides is 1. The van der Waals surface area contributed by atoms with Crippen molar-refractivity contribution in [3.8, 4) is 23.1 Å². The molecule has 4 rings (SSSR count). The topological polar surface area (TPSA) is 87.9 Å². The summed E-state index contributed by atoms with van der Waals surface area (Å²) in [7, 11) is 1.61. The van der Waals surface area contributed by atoms with Crippen molar-refractivity contribution in [2.75, 3.05) is 23.9 Å². The number of nitriles is 1. The van der Waals surface area contributed by atoms with Crippen molar-refractivity contribution in [1.82, 2.24) is 9.97 Å². The normalized spacial score (nSPS) is 10.7. The van der Waals surface area contributed by atoms with Crippen molar-refractivity contribution in [2.24, 2.45) is 0 Å². The number of aromatic nitrogens is 2. The lowest BCUT2D eigenvalue weighted by atomic mass is 10.1. The standard InChI is InChI=1S/C24H20N4O2S3/c1-3-31-24-28-20-10-8-17(12-21(20)33-24)26-22(29)14-32-23-16(13-25)7-9-19(27-23)15-5-4-6-18(11-15)30-2/h4-12H,3,14H2,1-2H3,(H,26,29). The molecule has 0 fully saturated rings. The molecule has 0 radical (unpaired) electrons. The molecule has 2 aromatic carbocycles. The van der Waals surface area contributed by atoms with E-state index < -0.39 is 0 Å². The third-order valence-electron chi connectivity index (χ3n) is 4.61. The van der Waals surface area contributed by atoms with Crippen molar-refractivity contribution in [3.05, 3.63) is 60.2 Å². The van der Waals surface area contributed by atoms with Crippen LogP contribution < -0.4 is 10.1 Å². The van der Waals surface area contributed by atoms with Crippen LogP contribution in [-0.4, -0.2) is 34.5 Å². The van der Waals surface area contributed by atoms with Crippen LogP contribution in [0, 0.1) is 11.3 Å². The largest absolute Gasteiger partial charge is 0.497 e. The number of nitrogens with one attached hydrogen (secondary N) is 1. The van der Waals surface area contributed by atoms with Gasteiger partial charge in [0.05, 0.1) is 34.3 Å². The molecule has 0 saturated carbocycles. The second-order valence-corrected chi connectivity index (χ2v) is 10.3. The Morgan fingerprint density at radius 2 is 2.03 bits per heavy atom. The minimum absolute atomic E-state index is 0.140. The van der Waals surface area contributed by atoms with Crippen LogP contribution in [0.25, 0.3) is 21.5 Å². The van der Waals surface area contributed by atoms with Gasteiger partial charge in [-0.25, -0.2) is 9.97 Å². The Morgan fingerprint density at radius 1 is 1.15 bits per heavy atom. The predicted molar refractivity (Wildman–Crippen MR) is 136 cm³/mol. The fraction of sp³-hybridized carbons (Fsp3) is 0.167. The number of pyridine rings is 1. The highest BCUT2D eigenvalue weighted by atomic mass is 32.2. The summed E-state index contributed by atoms with van der Waals surface area (Å²) < 4.78 is 7.35. The number of nitrogens with zero attached hydrogens (tertiary/aromatic N) is 3. The maximum absolute atomic E-state index is 12.6. The van der Waals surface area contributed by atoms with Crippen molar-refractivity contribution < 1.29 is 9.53 Å². The van der Waals surface area contributed by atoms with Crippen LogP contribution in [0.5, 0.6) is 5.75 Å². The quantitative estimate of drug-likeness (QED) is 0.298. The van der Waals surface area contributed by atoms with E-state index in [1.54, 1.807) is 42.3 Å². The molecule has 0 aliphatic carbocycles. The number of carbonyl (C=O) groups is 1. The molecule has 0 spiro atoms. The van der Waals surface area contributed by atoms with Crippen molar-refractivity contribution in [1.29, 1.82) is 5.26 Å². The maximum atomic E-state index is 12.6. The molecule has 0 aliphatic rings. The van der Waals surface area contributed by atoms with E-state index in [2.05, 4.69) is 28.3 Å². The molecule has 166 valence electrons. The smallest absolute Gasteiger partial charge is 0.234 e. The third-order valence-corrected chi connectivity index (χ3v) is 7.64. The molecular formula is C24H20N4O2S3. The number of hydrogen-bond donors (Lipinski definition) is 1. The summed E-state index contributed by atoms with van der Waals surface area (Å²) >= 11 is 4.57. The van der Waals surface area contributed by atoms with Crippen LogP contribution in [0.2, 0.25) is 0 Å². The second-order valence-electron chi connectivity index (χ2n) is 6.83. The van der Waals surface area contributed by atoms with E-state index in [1.807, 2.05) is 42.5 Å². The molecule has 4 aromatic rings. The zero-order valence-corrected chi connectivity index (χ0v) is 20.4. The van der Waals surface area contributed by atoms with Gasteiger partial charge in [-0.3, -0.25) is 4.79 Å². The van der Waals surface area contributed by atoms with Crippen molar-refractivity contribution in [3.63, 3.8) is 0 Å². The summed E-state index contributed by atoms with van der Waals surface area (Å²) in [5.74, 6) is 1.68. The molecule has 0 saturated heterocycles. The van der Waals surface area contributed by atoms with E-state index in [0.29, 0.717) is 16.3 Å². The van der Waals surface area contributed by atoms with Gasteiger partial charge in [0, 0.05) is 11.3 Å². The minimum Gasteiger partial charge on any atom is -0.497 e. The van der Waals surface area contributed by atoms with Gasteiger partial charge in [0.1, 0.15) is 16.8 Å². The lowest BCUT2D eigenvalue weighted by Crippen LogP contribution is -2.14. The van der Waals surface area contributed by atoms with Crippen LogP contribution in [0.15, 0.2) is 64.0 Å². The molecule has 2 heterocycles. The summed E-state index contributed by atoms with van der Waals surface area (Å²) in [5, 5.41) is 12.9. The average molecular weight is 493 g/mol. The van der Waals surface area contributed by atoms with E-state index in [4.69, 9.17) is 4.74 Å². The first kappa shape index (κ1) is 23.1. The van der Waals surface area contributed by atoms with E-state index in [1.165, 1.54) is 11.8 Å². The van der Waals surface area contributed by atoms with Gasteiger partial charge in [-0.2, -0.15) is 5.26 Å². The molecular weight excluding hydrogens is 472 g/mol. The molecule has 0 bridgehead atoms. The molecule has 0 aliphatic heterocycles. The van der Waals surface area contributed by atoms with Crippen molar-refractivity contribution >= 4 is 56.7 Å². The Hall–Kier alpha value is -3.06. The number of thioether (sulfide) groups is 2. The summed E-state index contributed by atoms with van der Waals surface area (Å²) in [6, 6.07) is 19.0. The number of fused-ring (bicyclic) bond motifs is 1. The Bertz CT molecular complexity index is 1350. The summed E-state index contributed by atoms with van der Waals surface area (Å²) in [6.45, 7) is 2.10. The van der Waals surface area contributed by atoms with Crippen LogP contribution in [0.4, 0.5) is 5.69 Å². The molecule has 2 aromatic heterocycles. The molecule has 1 amide bonds. The van der Waals surface area contributed by atoms with Gasteiger partial charge < -0.3 is 10.1 Å². The number of benzene rings is 2. The summed E-state index contributed by atoms with van der Waals surface area (Å²) in [6.07, 6.45) is 0. The van der Waals surface area contributed by atoms with Gasteiger partial charge in [-0.1, -0.05) is 42.6 Å². The molecule has 6 nitrogen and oxygen atoms in total. The fourth-order valence-corrected chi connectivity index (χ4v) is 5.85. The highest BCUT2D eigenvalue weighted by Crippen LogP contribution is 2.31. The number of methoxy groups -OCH3 is 1. The van der Waals surface area contributed by atoms with Gasteiger partial charge in [-0.05, 0) is 48.2 Å². The SMILES string of the molecule is CCSc1nc2ccc(NC(=O)CSc3nc(-c4cccc(OC)c4)ccc3C#N)cc2s1. The number of thiazole rings is 1. The highest BCUT2D eigenvalue weighted by molar-refractivity contribution is 8.01. The van der Waals surface area contributed by atoms with Crippen LogP contribution in [0.1, 0.15) is 12.5 Å². The highest BCUT2D eigenvalue weighted by Gasteiger charge is 2.12. The summed E-state index contributed by atoms with van der Waals surface area (Å²) in [4.78, 5) is 21.8. The Balaban J connectivity index is 1.46. The van der Waals surface area contributed by atoms with Gasteiger partial charge in [0.15, 0.2) is 4.34 Å². The first-order valence-electron chi connectivity index (χ1n) is 10.1. The Kier molecular flexibility index (Phi) is 7.50. The molecule has 0 unspecified atom stereocenters. The number of ether oxygens (including phenoxy) is 1. The number of carbonyl (C=O) groups excluding carboxylic acids is 1. The van der Waals surface area contributed by atoms with Crippen molar-refractivity contribution in [2.45, 2.75) is 16.3 Å². The fourth-order valence-electron chi connectivity index (χ4n) is 3.08. The van der Waals surface area contributed by atoms with Gasteiger partial charge in [0.2, 0.25) is 5.91 Å². The van der Waals surface area contributed by atoms with Gasteiger partial charge >= 0.3 is 0 Å². The van der Waals surface area contributed by atoms with E-state index in [-0.39, 0.29) is 11.7 Å². The molecule has 9 heteroatoms. The predicted octanol–water partition coefficient (Wildman–Crippen LogP) is 6.08. The average Bonchev–Trinajstić information content (AvgIpc) is 3.24. The molecule has 33 heavy (non-hydrogen) atoms. The van der Waals surface area contributed by atoms with Crippen LogP contribution in [0.3, 0.4) is 0 Å². The van der Waals surface area contributed by atoms with E-state index >= 15 is 0 Å². The Morgan fingerprint density at radius 3 is 2.82 bits per heavy atom. The summed E-state index contributed by atoms with van der Waals surface area (Å²) in [5.41, 5.74) is 3.69. The Labute approximate surface area is 204 Å². The maximum Gasteiger partial charge on any atom is 0.234 e. The van der Waals surface area contributed by atoms with E-state index in [0.717, 1.165) is 37.3 Å². The number of hydrogen-bond acceptors (Lipinski definition) is 8. The number of rotatable bonds is 8. The van der Waals surface area contributed by atoms with E-state index in [9.17, 15) is 10.1 Å². The minimum atomic E-state index is -0.163. The first-order valence-corrected chi connectivity index (χ1v) is 12.9. The van der Waals surface area contributed by atoms with Gasteiger partial charge in [-0.15, -0.1) is 11.3 Å². The lowest BCUT2D eigenvalue weighted by Gasteiger charge is -2.08. The number of anilines is 1. The van der Waals surface area contributed by atoms with Gasteiger partial charge in [0.25, 0.3) is 0 Å². The lowest BCUT2D eigenvalue weighted by molar-refractivity contribution is -0.113. The third kappa shape index (κ3) is 5.66. The molecule has 1 N–H and O–H groups in total. The monoisotopic (exact) mass is 492 g/mol. The molecule has 0 atom stereocenters. The zero-order valence-electron chi connectivity index (χ0n) is 18.0. The zero-order chi connectivity index (χ0) is 23.2. The van der Waals surface area contributed by atoms with Crippen LogP contribution in [-0.2, 0) is 4.79 Å². The first-order chi connectivity index (χ1) is 16.1.